The number of amides is 1. The van der Waals surface area contributed by atoms with Gasteiger partial charge in [0, 0.05) is 18.5 Å². The van der Waals surface area contributed by atoms with E-state index in [1.165, 1.54) is 0 Å². The number of hydrogen-bond acceptors (Lipinski definition) is 4. The fourth-order valence-corrected chi connectivity index (χ4v) is 2.85. The van der Waals surface area contributed by atoms with Crippen LogP contribution in [0.5, 0.6) is 0 Å². The first-order chi connectivity index (χ1) is 10.6. The molecule has 5 nitrogen and oxygen atoms in total. The highest BCUT2D eigenvalue weighted by molar-refractivity contribution is 5.80. The van der Waals surface area contributed by atoms with Crippen molar-refractivity contribution in [3.63, 3.8) is 0 Å². The minimum absolute atomic E-state index is 0.00986. The molecule has 0 unspecified atom stereocenters. The van der Waals surface area contributed by atoms with E-state index in [4.69, 9.17) is 4.42 Å². The van der Waals surface area contributed by atoms with Gasteiger partial charge in [-0.25, -0.2) is 0 Å². The molecule has 1 aliphatic heterocycles. The smallest absolute Gasteiger partial charge is 0.234 e. The summed E-state index contributed by atoms with van der Waals surface area (Å²) in [7, 11) is 0. The zero-order valence-corrected chi connectivity index (χ0v) is 12.8. The molecule has 2 aromatic rings. The van der Waals surface area contributed by atoms with Gasteiger partial charge in [0.05, 0.1) is 18.7 Å². The first-order valence-electron chi connectivity index (χ1n) is 7.80. The molecule has 1 atom stereocenters. The van der Waals surface area contributed by atoms with Gasteiger partial charge in [-0.05, 0) is 31.9 Å². The molecule has 1 fully saturated rings. The fourth-order valence-electron chi connectivity index (χ4n) is 2.85. The number of furan rings is 1. The van der Waals surface area contributed by atoms with Crippen LogP contribution >= 0.6 is 0 Å². The molecule has 0 saturated carbocycles. The summed E-state index contributed by atoms with van der Waals surface area (Å²) < 4.78 is 5.77. The van der Waals surface area contributed by atoms with Gasteiger partial charge >= 0.3 is 0 Å². The maximum Gasteiger partial charge on any atom is 0.234 e. The summed E-state index contributed by atoms with van der Waals surface area (Å²) in [6.45, 7) is 3.84. The van der Waals surface area contributed by atoms with Crippen molar-refractivity contribution < 1.29 is 14.3 Å². The van der Waals surface area contributed by atoms with E-state index in [0.717, 1.165) is 42.7 Å². The Labute approximate surface area is 129 Å². The van der Waals surface area contributed by atoms with Crippen molar-refractivity contribution in [2.45, 2.75) is 31.9 Å². The fraction of sp³-hybridized carbons (Fsp3) is 0.471. The number of benzene rings is 1. The molecule has 1 amide bonds. The Bertz CT molecular complexity index is 611. The number of aliphatic hydroxyl groups is 1. The predicted octanol–water partition coefficient (Wildman–Crippen LogP) is 2.07. The zero-order chi connectivity index (χ0) is 15.5. The van der Waals surface area contributed by atoms with Gasteiger partial charge in [-0.15, -0.1) is 0 Å². The molecule has 0 radical (unpaired) electrons. The van der Waals surface area contributed by atoms with E-state index < -0.39 is 0 Å². The SMILES string of the molecule is C[C@@H](NC(=O)CN1CCC(O)CC1)c1cc2ccccc2o1. The number of rotatable bonds is 4. The number of piperidine rings is 1. The largest absolute Gasteiger partial charge is 0.459 e. The van der Waals surface area contributed by atoms with E-state index in [-0.39, 0.29) is 18.1 Å². The Morgan fingerprint density at radius 3 is 2.86 bits per heavy atom. The Kier molecular flexibility index (Phi) is 4.45. The lowest BCUT2D eigenvalue weighted by atomic mass is 10.1. The van der Waals surface area contributed by atoms with Gasteiger partial charge in [0.1, 0.15) is 11.3 Å². The molecule has 2 N–H and O–H groups in total. The second-order valence-electron chi connectivity index (χ2n) is 5.98. The van der Waals surface area contributed by atoms with Crippen LogP contribution in [0.3, 0.4) is 0 Å². The van der Waals surface area contributed by atoms with Crippen molar-refractivity contribution in [1.29, 1.82) is 0 Å². The van der Waals surface area contributed by atoms with Gasteiger partial charge in [-0.1, -0.05) is 18.2 Å². The minimum atomic E-state index is -0.214. The third-order valence-electron chi connectivity index (χ3n) is 4.17. The molecule has 1 aliphatic rings. The molecule has 0 aliphatic carbocycles. The lowest BCUT2D eigenvalue weighted by Crippen LogP contribution is -2.43. The van der Waals surface area contributed by atoms with Gasteiger partial charge in [0.25, 0.3) is 0 Å². The standard InChI is InChI=1S/C17H22N2O3/c1-12(16-10-13-4-2-3-5-15(13)22-16)18-17(21)11-19-8-6-14(20)7-9-19/h2-5,10,12,14,20H,6-9,11H2,1H3,(H,18,21)/t12-/m1/s1. The highest BCUT2D eigenvalue weighted by Crippen LogP contribution is 2.23. The summed E-state index contributed by atoms with van der Waals surface area (Å²) in [6.07, 6.45) is 1.27. The van der Waals surface area contributed by atoms with Crippen molar-refractivity contribution in [3.8, 4) is 0 Å². The molecule has 1 aromatic carbocycles. The average molecular weight is 302 g/mol. The molecule has 118 valence electrons. The highest BCUT2D eigenvalue weighted by atomic mass is 16.3. The third kappa shape index (κ3) is 3.48. The van der Waals surface area contributed by atoms with Crippen LogP contribution in [0.15, 0.2) is 34.7 Å². The normalized spacial score (nSPS) is 18.5. The van der Waals surface area contributed by atoms with E-state index in [1.807, 2.05) is 37.3 Å². The summed E-state index contributed by atoms with van der Waals surface area (Å²) in [4.78, 5) is 14.2. The van der Waals surface area contributed by atoms with Gasteiger partial charge in [-0.3, -0.25) is 9.69 Å². The highest BCUT2D eigenvalue weighted by Gasteiger charge is 2.20. The predicted molar refractivity (Wildman–Crippen MR) is 84.5 cm³/mol. The number of para-hydroxylation sites is 1. The first kappa shape index (κ1) is 15.1. The van der Waals surface area contributed by atoms with Crippen LogP contribution in [0.1, 0.15) is 31.6 Å². The topological polar surface area (TPSA) is 65.7 Å². The maximum atomic E-state index is 12.1. The lowest BCUT2D eigenvalue weighted by Gasteiger charge is -2.29. The maximum absolute atomic E-state index is 12.1. The molecule has 5 heteroatoms. The number of carbonyl (C=O) groups excluding carboxylic acids is 1. The number of aliphatic hydroxyl groups excluding tert-OH is 1. The molecule has 3 rings (SSSR count). The molecule has 0 bridgehead atoms. The number of likely N-dealkylation sites (tertiary alicyclic amines) is 1. The molecule has 0 spiro atoms. The molecule has 1 aromatic heterocycles. The summed E-state index contributed by atoms with van der Waals surface area (Å²) in [5.41, 5.74) is 0.837. The number of hydrogen-bond donors (Lipinski definition) is 2. The quantitative estimate of drug-likeness (QED) is 0.907. The summed E-state index contributed by atoms with van der Waals surface area (Å²) in [6, 6.07) is 9.63. The van der Waals surface area contributed by atoms with Crippen molar-refractivity contribution in [3.05, 3.63) is 36.1 Å². The molecule has 2 heterocycles. The van der Waals surface area contributed by atoms with E-state index in [9.17, 15) is 9.90 Å². The van der Waals surface area contributed by atoms with Crippen molar-refractivity contribution in [2.24, 2.45) is 0 Å². The van der Waals surface area contributed by atoms with Crippen LogP contribution in [0, 0.1) is 0 Å². The van der Waals surface area contributed by atoms with Crippen LogP contribution in [0.4, 0.5) is 0 Å². The van der Waals surface area contributed by atoms with Gasteiger partial charge in [0.15, 0.2) is 0 Å². The zero-order valence-electron chi connectivity index (χ0n) is 12.8. The molecular weight excluding hydrogens is 280 g/mol. The number of fused-ring (bicyclic) bond motifs is 1. The van der Waals surface area contributed by atoms with Crippen molar-refractivity contribution in [2.75, 3.05) is 19.6 Å². The van der Waals surface area contributed by atoms with Crippen LogP contribution in [0.2, 0.25) is 0 Å². The monoisotopic (exact) mass is 302 g/mol. The van der Waals surface area contributed by atoms with Gasteiger partial charge in [-0.2, -0.15) is 0 Å². The van der Waals surface area contributed by atoms with Gasteiger partial charge in [0.2, 0.25) is 5.91 Å². The Balaban J connectivity index is 1.56. The van der Waals surface area contributed by atoms with Crippen LogP contribution in [0.25, 0.3) is 11.0 Å². The van der Waals surface area contributed by atoms with Gasteiger partial charge < -0.3 is 14.8 Å². The molecular formula is C17H22N2O3. The molecule has 22 heavy (non-hydrogen) atoms. The second kappa shape index (κ2) is 6.50. The summed E-state index contributed by atoms with van der Waals surface area (Å²) >= 11 is 0. The third-order valence-corrected chi connectivity index (χ3v) is 4.17. The van der Waals surface area contributed by atoms with Crippen molar-refractivity contribution >= 4 is 16.9 Å². The summed E-state index contributed by atoms with van der Waals surface area (Å²) in [5.74, 6) is 0.757. The Morgan fingerprint density at radius 1 is 1.41 bits per heavy atom. The molecule has 1 saturated heterocycles. The number of nitrogens with one attached hydrogen (secondary N) is 1. The Hall–Kier alpha value is -1.85. The van der Waals surface area contributed by atoms with Crippen LogP contribution < -0.4 is 5.32 Å². The van der Waals surface area contributed by atoms with E-state index in [0.29, 0.717) is 6.54 Å². The van der Waals surface area contributed by atoms with Crippen LogP contribution in [-0.2, 0) is 4.79 Å². The van der Waals surface area contributed by atoms with Crippen LogP contribution in [-0.4, -0.2) is 41.7 Å². The first-order valence-corrected chi connectivity index (χ1v) is 7.80. The van der Waals surface area contributed by atoms with E-state index in [2.05, 4.69) is 10.2 Å². The number of carbonyl (C=O) groups is 1. The minimum Gasteiger partial charge on any atom is -0.459 e. The summed E-state index contributed by atoms with van der Waals surface area (Å²) in [5, 5.41) is 13.5. The lowest BCUT2D eigenvalue weighted by molar-refractivity contribution is -0.123. The second-order valence-corrected chi connectivity index (χ2v) is 5.98. The number of nitrogens with zero attached hydrogens (tertiary/aromatic N) is 1. The van der Waals surface area contributed by atoms with Crippen molar-refractivity contribution in [1.82, 2.24) is 10.2 Å². The van der Waals surface area contributed by atoms with E-state index in [1.54, 1.807) is 0 Å². The van der Waals surface area contributed by atoms with E-state index >= 15 is 0 Å². The average Bonchev–Trinajstić information content (AvgIpc) is 2.93. The Morgan fingerprint density at radius 2 is 2.14 bits per heavy atom.